The lowest BCUT2D eigenvalue weighted by atomic mass is 9.79. The summed E-state index contributed by atoms with van der Waals surface area (Å²) in [6.45, 7) is 0.737. The highest BCUT2D eigenvalue weighted by Crippen LogP contribution is 2.31. The molecule has 1 aliphatic heterocycles. The Bertz CT molecular complexity index is 287. The molecular weight excluding hydrogens is 218 g/mol. The molecular formula is C13H21NO3. The zero-order valence-corrected chi connectivity index (χ0v) is 10.5. The summed E-state index contributed by atoms with van der Waals surface area (Å²) in [5, 5.41) is 0. The highest BCUT2D eigenvalue weighted by Gasteiger charge is 2.37. The lowest BCUT2D eigenvalue weighted by Gasteiger charge is -2.40. The van der Waals surface area contributed by atoms with Crippen LogP contribution in [0.1, 0.15) is 44.9 Å². The first-order valence-electron chi connectivity index (χ1n) is 6.61. The zero-order valence-electron chi connectivity index (χ0n) is 10.5. The molecule has 4 nitrogen and oxygen atoms in total. The quantitative estimate of drug-likeness (QED) is 0.705. The Morgan fingerprint density at radius 2 is 2.00 bits per heavy atom. The second-order valence-corrected chi connectivity index (χ2v) is 5.05. The van der Waals surface area contributed by atoms with Crippen LogP contribution in [0.3, 0.4) is 0 Å². The Labute approximate surface area is 102 Å². The maximum absolute atomic E-state index is 12.0. The fourth-order valence-electron chi connectivity index (χ4n) is 3.14. The van der Waals surface area contributed by atoms with Gasteiger partial charge in [0.1, 0.15) is 5.78 Å². The minimum Gasteiger partial charge on any atom is -0.453 e. The van der Waals surface area contributed by atoms with Crippen molar-refractivity contribution in [3.05, 3.63) is 0 Å². The standard InChI is InChI=1S/C13H21NO3/c1-17-13(16)14-9-5-4-7-11(14)10-6-2-3-8-12(10)15/h10-11H,2-9H2,1H3. The molecule has 2 unspecified atom stereocenters. The van der Waals surface area contributed by atoms with Gasteiger partial charge in [0, 0.05) is 24.9 Å². The van der Waals surface area contributed by atoms with Crippen LogP contribution >= 0.6 is 0 Å². The molecule has 1 aliphatic carbocycles. The maximum Gasteiger partial charge on any atom is 0.409 e. The number of amides is 1. The molecule has 4 heteroatoms. The summed E-state index contributed by atoms with van der Waals surface area (Å²) >= 11 is 0. The Morgan fingerprint density at radius 1 is 1.24 bits per heavy atom. The summed E-state index contributed by atoms with van der Waals surface area (Å²) in [6, 6.07) is 0.0870. The van der Waals surface area contributed by atoms with E-state index in [4.69, 9.17) is 4.74 Å². The van der Waals surface area contributed by atoms with Gasteiger partial charge in [0.15, 0.2) is 0 Å². The lowest BCUT2D eigenvalue weighted by molar-refractivity contribution is -0.127. The van der Waals surface area contributed by atoms with E-state index < -0.39 is 0 Å². The number of piperidine rings is 1. The van der Waals surface area contributed by atoms with E-state index in [1.165, 1.54) is 7.11 Å². The first-order valence-corrected chi connectivity index (χ1v) is 6.61. The number of hydrogen-bond donors (Lipinski definition) is 0. The zero-order chi connectivity index (χ0) is 12.3. The number of hydrogen-bond acceptors (Lipinski definition) is 3. The number of nitrogens with zero attached hydrogens (tertiary/aromatic N) is 1. The van der Waals surface area contributed by atoms with Crippen molar-refractivity contribution in [1.82, 2.24) is 4.90 Å². The SMILES string of the molecule is COC(=O)N1CCCCC1C1CCCCC1=O. The van der Waals surface area contributed by atoms with Gasteiger partial charge in [-0.25, -0.2) is 4.79 Å². The van der Waals surface area contributed by atoms with Crippen molar-refractivity contribution in [2.75, 3.05) is 13.7 Å². The fraction of sp³-hybridized carbons (Fsp3) is 0.846. The van der Waals surface area contributed by atoms with Crippen LogP contribution in [0, 0.1) is 5.92 Å². The molecule has 0 aromatic rings. The Morgan fingerprint density at radius 3 is 2.71 bits per heavy atom. The van der Waals surface area contributed by atoms with E-state index in [0.29, 0.717) is 12.2 Å². The van der Waals surface area contributed by atoms with Crippen LogP contribution in [0.5, 0.6) is 0 Å². The number of carbonyl (C=O) groups excluding carboxylic acids is 2. The van der Waals surface area contributed by atoms with E-state index in [9.17, 15) is 9.59 Å². The number of likely N-dealkylation sites (tertiary alicyclic amines) is 1. The number of ketones is 1. The van der Waals surface area contributed by atoms with Crippen LogP contribution in [-0.4, -0.2) is 36.5 Å². The second-order valence-electron chi connectivity index (χ2n) is 5.05. The Kier molecular flexibility index (Phi) is 4.02. The van der Waals surface area contributed by atoms with Crippen molar-refractivity contribution < 1.29 is 14.3 Å². The molecule has 2 fully saturated rings. The molecule has 2 atom stereocenters. The van der Waals surface area contributed by atoms with Gasteiger partial charge in [-0.3, -0.25) is 4.79 Å². The van der Waals surface area contributed by atoms with Gasteiger partial charge in [-0.05, 0) is 32.1 Å². The molecule has 96 valence electrons. The number of carbonyl (C=O) groups is 2. The van der Waals surface area contributed by atoms with E-state index in [1.54, 1.807) is 4.90 Å². The average molecular weight is 239 g/mol. The van der Waals surface area contributed by atoms with Crippen molar-refractivity contribution in [1.29, 1.82) is 0 Å². The second kappa shape index (κ2) is 5.52. The normalized spacial score (nSPS) is 30.2. The predicted molar refractivity (Wildman–Crippen MR) is 63.7 cm³/mol. The molecule has 1 saturated carbocycles. The lowest BCUT2D eigenvalue weighted by Crippen LogP contribution is -2.50. The van der Waals surface area contributed by atoms with Crippen LogP contribution in [0.15, 0.2) is 0 Å². The molecule has 2 aliphatic rings. The molecule has 1 heterocycles. The van der Waals surface area contributed by atoms with Gasteiger partial charge in [0.2, 0.25) is 0 Å². The van der Waals surface area contributed by atoms with Crippen molar-refractivity contribution >= 4 is 11.9 Å². The Hall–Kier alpha value is -1.06. The highest BCUT2D eigenvalue weighted by atomic mass is 16.5. The molecule has 2 rings (SSSR count). The van der Waals surface area contributed by atoms with Crippen molar-refractivity contribution in [3.8, 4) is 0 Å². The summed E-state index contributed by atoms with van der Waals surface area (Å²) in [6.07, 6.45) is 6.57. The Balaban J connectivity index is 2.09. The van der Waals surface area contributed by atoms with Crippen LogP contribution < -0.4 is 0 Å². The topological polar surface area (TPSA) is 46.6 Å². The van der Waals surface area contributed by atoms with E-state index >= 15 is 0 Å². The number of ether oxygens (including phenoxy) is 1. The van der Waals surface area contributed by atoms with Gasteiger partial charge in [0.05, 0.1) is 7.11 Å². The molecule has 0 aromatic heterocycles. The molecule has 0 radical (unpaired) electrons. The minimum atomic E-state index is -0.270. The summed E-state index contributed by atoms with van der Waals surface area (Å²) in [5.74, 6) is 0.403. The third kappa shape index (κ3) is 2.61. The van der Waals surface area contributed by atoms with Crippen molar-refractivity contribution in [2.45, 2.75) is 51.0 Å². The highest BCUT2D eigenvalue weighted by molar-refractivity contribution is 5.83. The van der Waals surface area contributed by atoms with Crippen LogP contribution in [0.25, 0.3) is 0 Å². The summed E-state index contributed by atoms with van der Waals surface area (Å²) < 4.78 is 4.82. The van der Waals surface area contributed by atoms with Crippen molar-refractivity contribution in [2.24, 2.45) is 5.92 Å². The molecule has 1 saturated heterocycles. The molecule has 0 N–H and O–H groups in total. The van der Waals surface area contributed by atoms with E-state index in [0.717, 1.165) is 45.1 Å². The van der Waals surface area contributed by atoms with Gasteiger partial charge >= 0.3 is 6.09 Å². The van der Waals surface area contributed by atoms with Gasteiger partial charge in [-0.2, -0.15) is 0 Å². The maximum atomic E-state index is 12.0. The molecule has 17 heavy (non-hydrogen) atoms. The van der Waals surface area contributed by atoms with Gasteiger partial charge in [-0.15, -0.1) is 0 Å². The smallest absolute Gasteiger partial charge is 0.409 e. The molecule has 0 spiro atoms. The van der Waals surface area contributed by atoms with E-state index in [2.05, 4.69) is 0 Å². The molecule has 0 bridgehead atoms. The first kappa shape index (κ1) is 12.4. The van der Waals surface area contributed by atoms with Gasteiger partial charge in [-0.1, -0.05) is 6.42 Å². The third-order valence-corrected chi connectivity index (χ3v) is 4.02. The van der Waals surface area contributed by atoms with Gasteiger partial charge < -0.3 is 9.64 Å². The minimum absolute atomic E-state index is 0.0585. The van der Waals surface area contributed by atoms with Crippen LogP contribution in [-0.2, 0) is 9.53 Å². The number of Topliss-reactive ketones (excluding diaryl/α,β-unsaturated/α-hetero) is 1. The molecule has 1 amide bonds. The molecule has 0 aromatic carbocycles. The van der Waals surface area contributed by atoms with E-state index in [1.807, 2.05) is 0 Å². The monoisotopic (exact) mass is 239 g/mol. The average Bonchev–Trinajstić information content (AvgIpc) is 2.38. The summed E-state index contributed by atoms with van der Waals surface area (Å²) in [5.41, 5.74) is 0. The van der Waals surface area contributed by atoms with Gasteiger partial charge in [0.25, 0.3) is 0 Å². The van der Waals surface area contributed by atoms with Crippen LogP contribution in [0.2, 0.25) is 0 Å². The largest absolute Gasteiger partial charge is 0.453 e. The third-order valence-electron chi connectivity index (χ3n) is 4.02. The van der Waals surface area contributed by atoms with E-state index in [-0.39, 0.29) is 18.1 Å². The van der Waals surface area contributed by atoms with Crippen LogP contribution in [0.4, 0.5) is 4.79 Å². The summed E-state index contributed by atoms with van der Waals surface area (Å²) in [7, 11) is 1.41. The number of methoxy groups -OCH3 is 1. The number of rotatable bonds is 1. The first-order chi connectivity index (χ1) is 8.24. The predicted octanol–water partition coefficient (Wildman–Crippen LogP) is 2.37. The van der Waals surface area contributed by atoms with Crippen molar-refractivity contribution in [3.63, 3.8) is 0 Å². The fourth-order valence-corrected chi connectivity index (χ4v) is 3.14. The summed E-state index contributed by atoms with van der Waals surface area (Å²) in [4.78, 5) is 25.5.